The quantitative estimate of drug-likeness (QED) is 0.0712. The van der Waals surface area contributed by atoms with Crippen LogP contribution in [0.1, 0.15) is 118 Å². The monoisotopic (exact) mass is 1050 g/mol. The number of phenolic OH excluding ortho intramolecular Hbond substituents is 3. The number of aliphatic hydroxyl groups is 1. The topological polar surface area (TPSA) is 196 Å². The van der Waals surface area contributed by atoms with Crippen LogP contribution in [0.15, 0.2) is 145 Å². The summed E-state index contributed by atoms with van der Waals surface area (Å²) < 4.78 is 20.0. The normalized spacial score (nSPS) is 22.5. The van der Waals surface area contributed by atoms with Crippen LogP contribution in [0.5, 0.6) is 34.5 Å². The summed E-state index contributed by atoms with van der Waals surface area (Å²) in [7, 11) is 1.46. The van der Waals surface area contributed by atoms with Crippen molar-refractivity contribution in [2.75, 3.05) is 25.1 Å². The molecule has 0 saturated heterocycles. The number of hydrogen-bond donors (Lipinski definition) is 6. The smallest absolute Gasteiger partial charge is 0.302 e. The van der Waals surface area contributed by atoms with E-state index in [0.29, 0.717) is 57.2 Å². The number of benzene rings is 4. The first-order valence-corrected chi connectivity index (χ1v) is 27.2. The van der Waals surface area contributed by atoms with Crippen molar-refractivity contribution in [3.8, 4) is 34.5 Å². The average Bonchev–Trinajstić information content (AvgIpc) is 4.21. The van der Waals surface area contributed by atoms with Gasteiger partial charge in [0.25, 0.3) is 0 Å². The molecule has 6 aromatic rings. The van der Waals surface area contributed by atoms with E-state index in [0.717, 1.165) is 62.9 Å². The number of fused-ring (bicyclic) bond motifs is 3. The second-order valence-electron chi connectivity index (χ2n) is 21.8. The maximum absolute atomic E-state index is 15.1. The Morgan fingerprint density at radius 3 is 2.36 bits per heavy atom. The van der Waals surface area contributed by atoms with Crippen LogP contribution in [0.2, 0.25) is 0 Å². The van der Waals surface area contributed by atoms with Crippen molar-refractivity contribution in [2.45, 2.75) is 115 Å². The Bertz CT molecular complexity index is 3360. The van der Waals surface area contributed by atoms with Gasteiger partial charge < -0.3 is 54.4 Å². The lowest BCUT2D eigenvalue weighted by Gasteiger charge is -2.38. The molecule has 14 nitrogen and oxygen atoms in total. The second kappa shape index (κ2) is 22.5. The lowest BCUT2D eigenvalue weighted by Crippen LogP contribution is -2.36. The number of carbonyl (C=O) groups is 3. The second-order valence-corrected chi connectivity index (χ2v) is 21.8. The number of rotatable bonds is 10. The summed E-state index contributed by atoms with van der Waals surface area (Å²) in [5, 5.41) is 50.8. The van der Waals surface area contributed by atoms with Gasteiger partial charge in [-0.2, -0.15) is 0 Å². The average molecular weight is 1060 g/mol. The summed E-state index contributed by atoms with van der Waals surface area (Å²) in [6.07, 6.45) is 25.5. The first-order valence-electron chi connectivity index (χ1n) is 27.2. The zero-order valence-corrected chi connectivity index (χ0v) is 44.8. The van der Waals surface area contributed by atoms with Gasteiger partial charge in [0.15, 0.2) is 11.5 Å². The summed E-state index contributed by atoms with van der Waals surface area (Å²) in [6, 6.07) is 20.1. The molecule has 4 aliphatic rings. The number of phenols is 3. The van der Waals surface area contributed by atoms with Crippen molar-refractivity contribution in [2.24, 2.45) is 11.3 Å². The zero-order valence-electron chi connectivity index (χ0n) is 44.8. The Labute approximate surface area is 455 Å². The van der Waals surface area contributed by atoms with Crippen molar-refractivity contribution in [1.82, 2.24) is 14.9 Å². The number of aromatic hydroxyl groups is 3. The Morgan fingerprint density at radius 1 is 0.846 bits per heavy atom. The third kappa shape index (κ3) is 11.4. The summed E-state index contributed by atoms with van der Waals surface area (Å²) in [5.74, 6) is 0.329. The molecule has 2 aromatic heterocycles. The van der Waals surface area contributed by atoms with Crippen LogP contribution in [-0.2, 0) is 37.6 Å². The van der Waals surface area contributed by atoms with E-state index in [2.05, 4.69) is 77.0 Å². The van der Waals surface area contributed by atoms with Crippen LogP contribution in [0.3, 0.4) is 0 Å². The van der Waals surface area contributed by atoms with Gasteiger partial charge in [0.1, 0.15) is 40.7 Å². The standard InChI is InChI=1S/C64H70N4O10/c1-40-11-5-6-21-63(40)24-18-52(77-42(3)70)33-50(73)34-58(45-29-59(74)62(60(30-45)76-4)78-51-15-10-14-49(72)32-51)67-38-54-55(39-67)57(17-16-56(54)64(75)22-7-8-23-64)68(26-20-41(2)69)61-31-44(19-25-66-61)53(43-12-9-13-48(71)27-43)28-46-36-65-37-47(46)35-63/h5-6,9-17,19,21,27,29-32,36-40,52-53,58,65-66,71-72,74-75H,7-8,18,20,22-26,28,33-35H2,1-4H3. The van der Waals surface area contributed by atoms with Crippen molar-refractivity contribution in [3.63, 3.8) is 0 Å². The number of nitrogens with zero attached hydrogens (tertiary/aromatic N) is 2. The van der Waals surface area contributed by atoms with E-state index in [1.807, 2.05) is 41.2 Å². The molecule has 5 unspecified atom stereocenters. The van der Waals surface area contributed by atoms with Crippen molar-refractivity contribution in [3.05, 3.63) is 173 Å². The molecule has 1 spiro atoms. The van der Waals surface area contributed by atoms with E-state index >= 15 is 4.79 Å². The minimum absolute atomic E-state index is 0.0112. The molecule has 2 aliphatic carbocycles. The number of esters is 1. The number of H-pyrrole nitrogens is 1. The van der Waals surface area contributed by atoms with Gasteiger partial charge >= 0.3 is 5.97 Å². The molecule has 78 heavy (non-hydrogen) atoms. The number of Topliss-reactive ketones (excluding diaryl/α,β-unsaturated/α-hetero) is 2. The number of methoxy groups -OCH3 is 1. The zero-order chi connectivity index (χ0) is 54.7. The van der Waals surface area contributed by atoms with Gasteiger partial charge in [-0.05, 0) is 139 Å². The lowest BCUT2D eigenvalue weighted by molar-refractivity contribution is -0.148. The van der Waals surface area contributed by atoms with Gasteiger partial charge in [0, 0.05) is 86.8 Å². The Morgan fingerprint density at radius 2 is 1.62 bits per heavy atom. The number of anilines is 1. The number of dihydropyridines is 1. The summed E-state index contributed by atoms with van der Waals surface area (Å²) in [5.41, 5.74) is 4.72. The third-order valence-electron chi connectivity index (χ3n) is 16.5. The maximum Gasteiger partial charge on any atom is 0.302 e. The summed E-state index contributed by atoms with van der Waals surface area (Å²) in [6.45, 7) is 5.96. The minimum Gasteiger partial charge on any atom is -0.508 e. The minimum atomic E-state index is -1.13. The van der Waals surface area contributed by atoms with Gasteiger partial charge in [0.05, 0.1) is 24.4 Å². The van der Waals surface area contributed by atoms with Crippen molar-refractivity contribution >= 4 is 34.0 Å². The molecule has 4 heterocycles. The summed E-state index contributed by atoms with van der Waals surface area (Å²) in [4.78, 5) is 46.6. The molecular weight excluding hydrogens is 985 g/mol. The number of carbonyl (C=O) groups excluding carboxylic acids is 3. The van der Waals surface area contributed by atoms with Gasteiger partial charge in [-0.25, -0.2) is 0 Å². The third-order valence-corrected chi connectivity index (χ3v) is 16.5. The number of nitrogens with one attached hydrogen (secondary N) is 2. The predicted molar refractivity (Wildman–Crippen MR) is 300 cm³/mol. The first kappa shape index (κ1) is 53.4. The highest BCUT2D eigenvalue weighted by Gasteiger charge is 2.39. The molecule has 0 amide bonds. The molecule has 1 fully saturated rings. The van der Waals surface area contributed by atoms with Crippen LogP contribution in [0.25, 0.3) is 10.8 Å². The molecule has 5 atom stereocenters. The van der Waals surface area contributed by atoms with E-state index in [9.17, 15) is 30.0 Å². The van der Waals surface area contributed by atoms with E-state index in [1.54, 1.807) is 37.3 Å². The van der Waals surface area contributed by atoms with Gasteiger partial charge in [0.2, 0.25) is 5.75 Å². The Balaban J connectivity index is 1.18. The molecular formula is C64H70N4O10. The van der Waals surface area contributed by atoms with Crippen LogP contribution in [0.4, 0.5) is 5.69 Å². The molecule has 0 radical (unpaired) electrons. The number of aromatic amines is 1. The Hall–Kier alpha value is -7.97. The molecule has 2 aliphatic heterocycles. The number of ether oxygens (including phenoxy) is 3. The lowest BCUT2D eigenvalue weighted by atomic mass is 9.66. The molecule has 406 valence electrons. The number of hydrogen-bond acceptors (Lipinski definition) is 12. The summed E-state index contributed by atoms with van der Waals surface area (Å²) >= 11 is 0. The maximum atomic E-state index is 15.1. The fourth-order valence-electron chi connectivity index (χ4n) is 12.4. The largest absolute Gasteiger partial charge is 0.508 e. The molecule has 6 N–H and O–H groups in total. The van der Waals surface area contributed by atoms with E-state index in [4.69, 9.17) is 14.2 Å². The number of ketones is 2. The molecule has 4 bridgehead atoms. The van der Waals surface area contributed by atoms with Crippen molar-refractivity contribution < 1.29 is 49.0 Å². The van der Waals surface area contributed by atoms with E-state index in [-0.39, 0.29) is 77.2 Å². The van der Waals surface area contributed by atoms with E-state index < -0.39 is 29.1 Å². The van der Waals surface area contributed by atoms with Gasteiger partial charge in [-0.15, -0.1) is 0 Å². The van der Waals surface area contributed by atoms with Gasteiger partial charge in [-0.3, -0.25) is 14.4 Å². The van der Waals surface area contributed by atoms with Crippen LogP contribution in [0, 0.1) is 11.3 Å². The Kier molecular flexibility index (Phi) is 15.4. The molecule has 14 heteroatoms. The first-order chi connectivity index (χ1) is 37.6. The molecule has 1 saturated carbocycles. The van der Waals surface area contributed by atoms with Gasteiger partial charge in [-0.1, -0.05) is 74.4 Å². The fourth-order valence-corrected chi connectivity index (χ4v) is 12.4. The van der Waals surface area contributed by atoms with Crippen LogP contribution in [-0.4, -0.2) is 73.8 Å². The highest BCUT2D eigenvalue weighted by molar-refractivity contribution is 5.98. The van der Waals surface area contributed by atoms with Crippen molar-refractivity contribution in [1.29, 1.82) is 0 Å². The fraction of sp³-hybridized carbons (Fsp3) is 0.359. The molecule has 10 rings (SSSR count). The highest BCUT2D eigenvalue weighted by Crippen LogP contribution is 2.49. The van der Waals surface area contributed by atoms with E-state index in [1.165, 1.54) is 26.2 Å². The van der Waals surface area contributed by atoms with Crippen LogP contribution >= 0.6 is 0 Å². The number of allylic oxidation sites excluding steroid dienone is 6. The molecule has 4 aromatic carbocycles. The predicted octanol–water partition coefficient (Wildman–Crippen LogP) is 11.8. The number of aromatic nitrogens is 2. The SMILES string of the molecule is COc1cc(C2CC(=O)CC(OC(C)=O)CCC3(C=CC=CC3C)Cc3c[nH]cc3CC(c3cccc(O)c3)C3=CCNC(=C3)N(CCC(C)=O)c3ccc(C4(O)CCCC4)c4cn2cc34)cc(O)c1Oc1cccc(O)c1. The highest BCUT2D eigenvalue weighted by atomic mass is 16.5. The van der Waals surface area contributed by atoms with Crippen LogP contribution < -0.4 is 19.7 Å².